The average molecular weight is 338 g/mol. The van der Waals surface area contributed by atoms with Crippen molar-refractivity contribution in [3.63, 3.8) is 0 Å². The predicted octanol–water partition coefficient (Wildman–Crippen LogP) is 1.93. The third kappa shape index (κ3) is 4.32. The minimum atomic E-state index is -3.68. The Morgan fingerprint density at radius 3 is 2.74 bits per heavy atom. The number of hydrogen-bond donors (Lipinski definition) is 1. The van der Waals surface area contributed by atoms with E-state index in [1.54, 1.807) is 31.2 Å². The molecular weight excluding hydrogens is 320 g/mol. The van der Waals surface area contributed by atoms with Gasteiger partial charge in [-0.15, -0.1) is 0 Å². The molecule has 1 aromatic heterocycles. The van der Waals surface area contributed by atoms with Crippen molar-refractivity contribution in [2.75, 3.05) is 12.4 Å². The van der Waals surface area contributed by atoms with E-state index in [4.69, 9.17) is 9.26 Å². The second kappa shape index (κ2) is 6.82. The van der Waals surface area contributed by atoms with Gasteiger partial charge in [0.25, 0.3) is 0 Å². The van der Waals surface area contributed by atoms with Gasteiger partial charge in [0.05, 0.1) is 12.9 Å². The van der Waals surface area contributed by atoms with Gasteiger partial charge in [0.1, 0.15) is 16.8 Å². The van der Waals surface area contributed by atoms with Gasteiger partial charge in [0, 0.05) is 6.07 Å². The van der Waals surface area contributed by atoms with Crippen LogP contribution in [0.25, 0.3) is 0 Å². The molecular formula is C15H18N2O5S. The van der Waals surface area contributed by atoms with Gasteiger partial charge in [-0.1, -0.05) is 17.3 Å². The van der Waals surface area contributed by atoms with E-state index in [-0.39, 0.29) is 11.6 Å². The monoisotopic (exact) mass is 338 g/mol. The molecule has 23 heavy (non-hydrogen) atoms. The fraction of sp³-hybridized carbons (Fsp3) is 0.333. The third-order valence-electron chi connectivity index (χ3n) is 3.29. The molecule has 0 unspecified atom stereocenters. The Labute approximate surface area is 134 Å². The normalized spacial score (nSPS) is 12.7. The molecule has 0 aliphatic heterocycles. The molecule has 0 bridgehead atoms. The lowest BCUT2D eigenvalue weighted by atomic mass is 10.2. The van der Waals surface area contributed by atoms with E-state index in [0.717, 1.165) is 0 Å². The molecule has 0 spiro atoms. The molecule has 0 saturated heterocycles. The van der Waals surface area contributed by atoms with Gasteiger partial charge in [0.15, 0.2) is 15.7 Å². The van der Waals surface area contributed by atoms with Crippen molar-refractivity contribution >= 4 is 21.6 Å². The first-order chi connectivity index (χ1) is 10.8. The van der Waals surface area contributed by atoms with Crippen molar-refractivity contribution in [2.45, 2.75) is 24.9 Å². The summed E-state index contributed by atoms with van der Waals surface area (Å²) in [5.41, 5.74) is 0.557. The second-order valence-electron chi connectivity index (χ2n) is 5.11. The first kappa shape index (κ1) is 17.0. The Kier molecular flexibility index (Phi) is 5.05. The zero-order valence-electron chi connectivity index (χ0n) is 13.1. The van der Waals surface area contributed by atoms with Crippen LogP contribution in [0.15, 0.2) is 34.9 Å². The molecule has 0 aliphatic carbocycles. The van der Waals surface area contributed by atoms with Gasteiger partial charge < -0.3 is 14.6 Å². The van der Waals surface area contributed by atoms with Crippen molar-refractivity contribution in [2.24, 2.45) is 0 Å². The summed E-state index contributed by atoms with van der Waals surface area (Å²) in [6, 6.07) is 8.24. The van der Waals surface area contributed by atoms with Gasteiger partial charge in [-0.2, -0.15) is 0 Å². The van der Waals surface area contributed by atoms with Crippen molar-refractivity contribution in [3.8, 4) is 5.75 Å². The van der Waals surface area contributed by atoms with Gasteiger partial charge in [-0.25, -0.2) is 8.42 Å². The number of nitrogens with zero attached hydrogens (tertiary/aromatic N) is 1. The molecule has 0 saturated carbocycles. The van der Waals surface area contributed by atoms with Crippen LogP contribution in [-0.2, 0) is 20.4 Å². The summed E-state index contributed by atoms with van der Waals surface area (Å²) >= 11 is 0. The smallest absolute Gasteiger partial charge is 0.243 e. The van der Waals surface area contributed by atoms with Crippen LogP contribution >= 0.6 is 0 Å². The van der Waals surface area contributed by atoms with E-state index in [0.29, 0.717) is 17.1 Å². The number of carbonyl (C=O) groups excluding carboxylic acids is 1. The lowest BCUT2D eigenvalue weighted by Gasteiger charge is -2.12. The van der Waals surface area contributed by atoms with Crippen molar-refractivity contribution < 1.29 is 22.5 Å². The topological polar surface area (TPSA) is 98.5 Å². The summed E-state index contributed by atoms with van der Waals surface area (Å²) < 4.78 is 34.7. The van der Waals surface area contributed by atoms with Crippen LogP contribution in [-0.4, -0.2) is 31.8 Å². The summed E-state index contributed by atoms with van der Waals surface area (Å²) in [5.74, 6) is 0.369. The summed E-state index contributed by atoms with van der Waals surface area (Å²) in [4.78, 5) is 12.1. The van der Waals surface area contributed by atoms with Crippen LogP contribution < -0.4 is 10.1 Å². The SMILES string of the molecule is COc1cccc(CS(=O)(=O)[C@@H](C)C(=O)Nc2cc(C)on2)c1. The maximum absolute atomic E-state index is 12.4. The van der Waals surface area contributed by atoms with Crippen LogP contribution in [0.3, 0.4) is 0 Å². The predicted molar refractivity (Wildman–Crippen MR) is 84.9 cm³/mol. The second-order valence-corrected chi connectivity index (χ2v) is 7.43. The van der Waals surface area contributed by atoms with E-state index < -0.39 is 21.0 Å². The number of anilines is 1. The Morgan fingerprint density at radius 1 is 1.39 bits per heavy atom. The number of amides is 1. The van der Waals surface area contributed by atoms with Crippen LogP contribution in [0.4, 0.5) is 5.82 Å². The highest BCUT2D eigenvalue weighted by Gasteiger charge is 2.28. The van der Waals surface area contributed by atoms with Gasteiger partial charge >= 0.3 is 0 Å². The fourth-order valence-electron chi connectivity index (χ4n) is 1.94. The molecule has 1 N–H and O–H groups in total. The summed E-state index contributed by atoms with van der Waals surface area (Å²) in [6.07, 6.45) is 0. The van der Waals surface area contributed by atoms with Crippen molar-refractivity contribution in [1.29, 1.82) is 0 Å². The number of methoxy groups -OCH3 is 1. The van der Waals surface area contributed by atoms with Gasteiger partial charge in [-0.3, -0.25) is 4.79 Å². The average Bonchev–Trinajstić information content (AvgIpc) is 2.91. The Bertz CT molecular complexity index is 798. The number of benzene rings is 1. The Balaban J connectivity index is 2.09. The Hall–Kier alpha value is -2.35. The quantitative estimate of drug-likeness (QED) is 0.864. The molecule has 2 rings (SSSR count). The van der Waals surface area contributed by atoms with Crippen LogP contribution in [0.1, 0.15) is 18.2 Å². The summed E-state index contributed by atoms with van der Waals surface area (Å²) in [6.45, 7) is 3.02. The summed E-state index contributed by atoms with van der Waals surface area (Å²) in [7, 11) is -2.17. The van der Waals surface area contributed by atoms with Gasteiger partial charge in [0.2, 0.25) is 5.91 Å². The Morgan fingerprint density at radius 2 is 2.13 bits per heavy atom. The van der Waals surface area contributed by atoms with Crippen LogP contribution in [0.5, 0.6) is 5.75 Å². The minimum Gasteiger partial charge on any atom is -0.497 e. The first-order valence-corrected chi connectivity index (χ1v) is 8.62. The molecule has 2 aromatic rings. The number of aryl methyl sites for hydroxylation is 1. The molecule has 0 radical (unpaired) electrons. The van der Waals surface area contributed by atoms with Crippen molar-refractivity contribution in [1.82, 2.24) is 5.16 Å². The third-order valence-corrected chi connectivity index (χ3v) is 5.32. The molecule has 7 nitrogen and oxygen atoms in total. The maximum atomic E-state index is 12.4. The number of ether oxygens (including phenoxy) is 1. The van der Waals surface area contributed by atoms with E-state index >= 15 is 0 Å². The molecule has 1 heterocycles. The molecule has 1 aromatic carbocycles. The molecule has 8 heteroatoms. The lowest BCUT2D eigenvalue weighted by molar-refractivity contribution is -0.115. The number of hydrogen-bond acceptors (Lipinski definition) is 6. The van der Waals surface area contributed by atoms with Crippen molar-refractivity contribution in [3.05, 3.63) is 41.7 Å². The highest BCUT2D eigenvalue weighted by Crippen LogP contribution is 2.18. The molecule has 1 amide bonds. The minimum absolute atomic E-state index is 0.191. The van der Waals surface area contributed by atoms with Crippen LogP contribution in [0, 0.1) is 6.92 Å². The number of carbonyl (C=O) groups is 1. The standard InChI is InChI=1S/C15H18N2O5S/c1-10-7-14(17-22-10)16-15(18)11(2)23(19,20)9-12-5-4-6-13(8-12)21-3/h4-8,11H,9H2,1-3H3,(H,16,17,18)/t11-/m0/s1. The number of nitrogens with one attached hydrogen (secondary N) is 1. The van der Waals surface area contributed by atoms with Crippen LogP contribution in [0.2, 0.25) is 0 Å². The largest absolute Gasteiger partial charge is 0.497 e. The van der Waals surface area contributed by atoms with E-state index in [2.05, 4.69) is 10.5 Å². The first-order valence-electron chi connectivity index (χ1n) is 6.90. The van der Waals surface area contributed by atoms with E-state index in [9.17, 15) is 13.2 Å². The van der Waals surface area contributed by atoms with Gasteiger partial charge in [-0.05, 0) is 31.5 Å². The molecule has 1 atom stereocenters. The maximum Gasteiger partial charge on any atom is 0.243 e. The highest BCUT2D eigenvalue weighted by atomic mass is 32.2. The lowest BCUT2D eigenvalue weighted by Crippen LogP contribution is -2.33. The molecule has 0 aliphatic rings. The van der Waals surface area contributed by atoms with E-state index in [1.165, 1.54) is 20.1 Å². The number of rotatable bonds is 6. The summed E-state index contributed by atoms with van der Waals surface area (Å²) in [5, 5.41) is 4.82. The number of sulfone groups is 1. The zero-order valence-corrected chi connectivity index (χ0v) is 13.9. The van der Waals surface area contributed by atoms with E-state index in [1.807, 2.05) is 0 Å². The highest BCUT2D eigenvalue weighted by molar-refractivity contribution is 7.92. The fourth-order valence-corrected chi connectivity index (χ4v) is 3.22. The number of aromatic nitrogens is 1. The molecule has 124 valence electrons. The molecule has 0 fully saturated rings. The zero-order chi connectivity index (χ0) is 17.0.